The lowest BCUT2D eigenvalue weighted by molar-refractivity contribution is 0.0594. The zero-order chi connectivity index (χ0) is 14.8. The second kappa shape index (κ2) is 5.72. The molecule has 0 unspecified atom stereocenters. The number of ether oxygens (including phenoxy) is 1. The molecule has 0 aliphatic rings. The first-order valence-electron chi connectivity index (χ1n) is 5.62. The van der Waals surface area contributed by atoms with Crippen molar-refractivity contribution in [3.8, 4) is 0 Å². The van der Waals surface area contributed by atoms with E-state index in [-0.39, 0.29) is 35.1 Å². The molecule has 0 radical (unpaired) electrons. The zero-order valence-electron chi connectivity index (χ0n) is 11.4. The van der Waals surface area contributed by atoms with Gasteiger partial charge in [0.15, 0.2) is 0 Å². The monoisotopic (exact) mass is 290 g/mol. The van der Waals surface area contributed by atoms with Gasteiger partial charge in [-0.25, -0.2) is 13.2 Å². The summed E-state index contributed by atoms with van der Waals surface area (Å²) in [5, 5.41) is 0. The van der Waals surface area contributed by atoms with Gasteiger partial charge in [0.05, 0.1) is 7.11 Å². The number of nitrogens with zero attached hydrogens (tertiary/aromatic N) is 1. The molecule has 1 aromatic heterocycles. The van der Waals surface area contributed by atoms with Crippen molar-refractivity contribution in [1.29, 1.82) is 0 Å². The van der Waals surface area contributed by atoms with Crippen LogP contribution in [0.4, 0.5) is 0 Å². The van der Waals surface area contributed by atoms with Crippen LogP contribution in [0.25, 0.3) is 0 Å². The summed E-state index contributed by atoms with van der Waals surface area (Å²) in [4.78, 5) is 11.5. The third-order valence-electron chi connectivity index (χ3n) is 2.71. The normalized spacial score (nSPS) is 11.9. The highest BCUT2D eigenvalue weighted by molar-refractivity contribution is 7.89. The number of nitrogens with two attached hydrogens (primary N) is 1. The smallest absolute Gasteiger partial charge is 0.342 e. The molecule has 2 N–H and O–H groups in total. The van der Waals surface area contributed by atoms with E-state index in [1.165, 1.54) is 28.0 Å². The molecule has 7 nitrogen and oxygen atoms in total. The second-order valence-electron chi connectivity index (χ2n) is 4.03. The standard InChI is InChI=1S/C11H18N2O5S/c1-7-9(11(14)17-4)10(8(2)18-7)19(15,16)13(3)6-5-12/h5-6,12H2,1-4H3. The number of hydrogen-bond donors (Lipinski definition) is 1. The minimum atomic E-state index is -3.84. The molecular weight excluding hydrogens is 272 g/mol. The topological polar surface area (TPSA) is 103 Å². The Bertz CT molecular complexity index is 576. The summed E-state index contributed by atoms with van der Waals surface area (Å²) in [5.74, 6) is -0.375. The molecule has 0 aliphatic carbocycles. The van der Waals surface area contributed by atoms with Crippen molar-refractivity contribution in [1.82, 2.24) is 4.31 Å². The summed E-state index contributed by atoms with van der Waals surface area (Å²) < 4.78 is 35.7. The highest BCUT2D eigenvalue weighted by Gasteiger charge is 2.33. The van der Waals surface area contributed by atoms with Crippen LogP contribution in [0.2, 0.25) is 0 Å². The molecule has 0 saturated carbocycles. The molecule has 0 aliphatic heterocycles. The number of furan rings is 1. The maximum absolute atomic E-state index is 12.4. The first-order valence-corrected chi connectivity index (χ1v) is 7.06. The average molecular weight is 290 g/mol. The predicted octanol–water partition coefficient (Wildman–Crippen LogP) is 0.262. The van der Waals surface area contributed by atoms with Gasteiger partial charge >= 0.3 is 5.97 Å². The third kappa shape index (κ3) is 2.80. The lowest BCUT2D eigenvalue weighted by Gasteiger charge is -2.16. The van der Waals surface area contributed by atoms with Crippen molar-refractivity contribution >= 4 is 16.0 Å². The highest BCUT2D eigenvalue weighted by atomic mass is 32.2. The van der Waals surface area contributed by atoms with E-state index in [0.29, 0.717) is 0 Å². The van der Waals surface area contributed by atoms with Crippen LogP contribution in [-0.2, 0) is 14.8 Å². The van der Waals surface area contributed by atoms with Crippen molar-refractivity contribution in [2.75, 3.05) is 27.2 Å². The van der Waals surface area contributed by atoms with Crippen molar-refractivity contribution in [2.24, 2.45) is 5.73 Å². The summed E-state index contributed by atoms with van der Waals surface area (Å²) in [5.41, 5.74) is 5.28. The lowest BCUT2D eigenvalue weighted by atomic mass is 10.2. The van der Waals surface area contributed by atoms with Gasteiger partial charge < -0.3 is 14.9 Å². The number of carbonyl (C=O) groups excluding carboxylic acids is 1. The lowest BCUT2D eigenvalue weighted by Crippen LogP contribution is -2.32. The average Bonchev–Trinajstić information content (AvgIpc) is 2.64. The molecule has 108 valence electrons. The van der Waals surface area contributed by atoms with Crippen LogP contribution in [0.5, 0.6) is 0 Å². The number of carbonyl (C=O) groups is 1. The predicted molar refractivity (Wildman–Crippen MR) is 68.4 cm³/mol. The fourth-order valence-electron chi connectivity index (χ4n) is 1.77. The van der Waals surface area contributed by atoms with Crippen molar-refractivity contribution in [3.05, 3.63) is 17.1 Å². The number of methoxy groups -OCH3 is 1. The highest BCUT2D eigenvalue weighted by Crippen LogP contribution is 2.29. The molecule has 0 saturated heterocycles. The van der Waals surface area contributed by atoms with Crippen LogP contribution < -0.4 is 5.73 Å². The van der Waals surface area contributed by atoms with E-state index >= 15 is 0 Å². The molecule has 19 heavy (non-hydrogen) atoms. The van der Waals surface area contributed by atoms with E-state index in [2.05, 4.69) is 4.74 Å². The van der Waals surface area contributed by atoms with Gasteiger partial charge in [-0.3, -0.25) is 0 Å². The number of esters is 1. The van der Waals surface area contributed by atoms with Gasteiger partial charge in [-0.05, 0) is 13.8 Å². The molecule has 8 heteroatoms. The van der Waals surface area contributed by atoms with Crippen molar-refractivity contribution < 1.29 is 22.4 Å². The Balaban J connectivity index is 3.46. The molecule has 1 aromatic rings. The van der Waals surface area contributed by atoms with E-state index in [1.54, 1.807) is 0 Å². The molecular formula is C11H18N2O5S. The van der Waals surface area contributed by atoms with Crippen LogP contribution in [0.1, 0.15) is 21.9 Å². The van der Waals surface area contributed by atoms with Gasteiger partial charge in [0.1, 0.15) is 22.0 Å². The maximum atomic E-state index is 12.4. The molecule has 0 atom stereocenters. The van der Waals surface area contributed by atoms with Crippen molar-refractivity contribution in [2.45, 2.75) is 18.7 Å². The molecule has 0 fully saturated rings. The summed E-state index contributed by atoms with van der Waals surface area (Å²) in [6.45, 7) is 3.33. The minimum Gasteiger partial charge on any atom is -0.465 e. The van der Waals surface area contributed by atoms with Gasteiger partial charge in [0, 0.05) is 20.1 Å². The first-order chi connectivity index (χ1) is 8.77. The quantitative estimate of drug-likeness (QED) is 0.780. The number of sulfonamides is 1. The Morgan fingerprint density at radius 2 is 1.95 bits per heavy atom. The number of aryl methyl sites for hydroxylation is 2. The molecule has 0 amide bonds. The van der Waals surface area contributed by atoms with E-state index in [0.717, 1.165) is 4.31 Å². The van der Waals surface area contributed by atoms with Gasteiger partial charge in [-0.1, -0.05) is 0 Å². The fourth-order valence-corrected chi connectivity index (χ4v) is 3.32. The Morgan fingerprint density at radius 3 is 2.42 bits per heavy atom. The maximum Gasteiger partial charge on any atom is 0.342 e. The molecule has 1 rings (SSSR count). The minimum absolute atomic E-state index is 0.0659. The Labute approximate surface area is 112 Å². The second-order valence-corrected chi connectivity index (χ2v) is 6.01. The Hall–Kier alpha value is -1.38. The fraction of sp³-hybridized carbons (Fsp3) is 0.545. The van der Waals surface area contributed by atoms with Crippen LogP contribution in [-0.4, -0.2) is 45.9 Å². The SMILES string of the molecule is COC(=O)c1c(C)oc(C)c1S(=O)(=O)N(C)CCN. The Morgan fingerprint density at radius 1 is 1.37 bits per heavy atom. The van der Waals surface area contributed by atoms with E-state index in [1.807, 2.05) is 0 Å². The summed E-state index contributed by atoms with van der Waals surface area (Å²) in [6.07, 6.45) is 0. The molecule has 1 heterocycles. The van der Waals surface area contributed by atoms with Gasteiger partial charge in [-0.15, -0.1) is 0 Å². The van der Waals surface area contributed by atoms with Gasteiger partial charge in [0.2, 0.25) is 10.0 Å². The molecule has 0 aromatic carbocycles. The number of rotatable bonds is 5. The Kier molecular flexibility index (Phi) is 4.72. The van der Waals surface area contributed by atoms with Crippen LogP contribution >= 0.6 is 0 Å². The summed E-state index contributed by atoms with van der Waals surface area (Å²) in [6, 6.07) is 0. The number of hydrogen-bond acceptors (Lipinski definition) is 6. The van der Waals surface area contributed by atoms with Crippen molar-refractivity contribution in [3.63, 3.8) is 0 Å². The largest absolute Gasteiger partial charge is 0.465 e. The third-order valence-corrected chi connectivity index (χ3v) is 4.72. The summed E-state index contributed by atoms with van der Waals surface area (Å²) >= 11 is 0. The first kappa shape index (κ1) is 15.7. The van der Waals surface area contributed by atoms with E-state index < -0.39 is 16.0 Å². The van der Waals surface area contributed by atoms with E-state index in [9.17, 15) is 13.2 Å². The van der Waals surface area contributed by atoms with E-state index in [4.69, 9.17) is 10.2 Å². The summed E-state index contributed by atoms with van der Waals surface area (Å²) in [7, 11) is -1.26. The van der Waals surface area contributed by atoms with Gasteiger partial charge in [-0.2, -0.15) is 4.31 Å². The zero-order valence-corrected chi connectivity index (χ0v) is 12.2. The molecule has 0 bridgehead atoms. The number of likely N-dealkylation sites (N-methyl/N-ethyl adjacent to an activating group) is 1. The molecule has 0 spiro atoms. The van der Waals surface area contributed by atoms with Gasteiger partial charge in [0.25, 0.3) is 0 Å². The van der Waals surface area contributed by atoms with Crippen LogP contribution in [0, 0.1) is 13.8 Å². The van der Waals surface area contributed by atoms with Crippen LogP contribution in [0.3, 0.4) is 0 Å². The van der Waals surface area contributed by atoms with Crippen LogP contribution in [0.15, 0.2) is 9.31 Å².